The van der Waals surface area contributed by atoms with Crippen molar-refractivity contribution in [2.75, 3.05) is 7.11 Å². The fourth-order valence-corrected chi connectivity index (χ4v) is 1.87. The van der Waals surface area contributed by atoms with E-state index in [-0.39, 0.29) is 24.3 Å². The minimum Gasteiger partial charge on any atom is -0.469 e. The van der Waals surface area contributed by atoms with Crippen LogP contribution in [0.4, 0.5) is 0 Å². The molecule has 1 amide bonds. The van der Waals surface area contributed by atoms with E-state index in [9.17, 15) is 9.59 Å². The quantitative estimate of drug-likeness (QED) is 0.758. The molecule has 2 rings (SSSR count). The molecule has 1 aromatic heterocycles. The van der Waals surface area contributed by atoms with Crippen molar-refractivity contribution in [1.29, 1.82) is 0 Å². The Balaban J connectivity index is 1.96. The van der Waals surface area contributed by atoms with E-state index in [0.29, 0.717) is 11.6 Å². The number of ether oxygens (including phenoxy) is 1. The lowest BCUT2D eigenvalue weighted by Gasteiger charge is -2.16. The average Bonchev–Trinajstić information content (AvgIpc) is 3.10. The van der Waals surface area contributed by atoms with Crippen molar-refractivity contribution >= 4 is 11.9 Å². The predicted octanol–water partition coefficient (Wildman–Crippen LogP) is 0.790. The van der Waals surface area contributed by atoms with Gasteiger partial charge in [-0.2, -0.15) is 5.10 Å². The highest BCUT2D eigenvalue weighted by molar-refractivity contribution is 5.92. The van der Waals surface area contributed by atoms with Crippen LogP contribution in [0.2, 0.25) is 0 Å². The van der Waals surface area contributed by atoms with Crippen LogP contribution in [-0.2, 0) is 9.53 Å². The third-order valence-electron chi connectivity index (χ3n) is 3.06. The number of aromatic amines is 1. The van der Waals surface area contributed by atoms with Crippen molar-refractivity contribution in [3.63, 3.8) is 0 Å². The number of hydrogen-bond donors (Lipinski definition) is 2. The van der Waals surface area contributed by atoms with Crippen LogP contribution < -0.4 is 5.32 Å². The summed E-state index contributed by atoms with van der Waals surface area (Å²) in [6, 6.07) is 1.53. The van der Waals surface area contributed by atoms with Gasteiger partial charge >= 0.3 is 5.97 Å². The maximum atomic E-state index is 11.9. The summed E-state index contributed by atoms with van der Waals surface area (Å²) in [5.41, 5.74) is 1.18. The maximum absolute atomic E-state index is 11.9. The Hall–Kier alpha value is -1.85. The van der Waals surface area contributed by atoms with Gasteiger partial charge in [-0.25, -0.2) is 0 Å². The van der Waals surface area contributed by atoms with Crippen molar-refractivity contribution in [2.24, 2.45) is 5.92 Å². The highest BCUT2D eigenvalue weighted by Crippen LogP contribution is 2.34. The van der Waals surface area contributed by atoms with Crippen molar-refractivity contribution in [3.8, 4) is 0 Å². The van der Waals surface area contributed by atoms with Crippen LogP contribution in [0.25, 0.3) is 0 Å². The van der Waals surface area contributed by atoms with Gasteiger partial charge < -0.3 is 10.1 Å². The number of carbonyl (C=O) groups is 2. The first kappa shape index (κ1) is 12.6. The highest BCUT2D eigenvalue weighted by Gasteiger charge is 2.34. The zero-order chi connectivity index (χ0) is 13.1. The molecule has 1 aliphatic rings. The molecule has 2 N–H and O–H groups in total. The molecule has 0 saturated heterocycles. The molecule has 0 bridgehead atoms. The second kappa shape index (κ2) is 5.20. The molecule has 1 fully saturated rings. The zero-order valence-electron chi connectivity index (χ0n) is 10.5. The summed E-state index contributed by atoms with van der Waals surface area (Å²) in [7, 11) is 1.35. The molecule has 6 heteroatoms. The van der Waals surface area contributed by atoms with E-state index in [1.165, 1.54) is 7.11 Å². The minimum absolute atomic E-state index is 0.151. The Morgan fingerprint density at radius 1 is 1.61 bits per heavy atom. The molecule has 1 aromatic rings. The van der Waals surface area contributed by atoms with E-state index in [0.717, 1.165) is 18.5 Å². The van der Waals surface area contributed by atoms with Crippen molar-refractivity contribution in [3.05, 3.63) is 17.5 Å². The number of H-pyrrole nitrogens is 1. The first-order chi connectivity index (χ1) is 8.60. The van der Waals surface area contributed by atoms with Crippen LogP contribution >= 0.6 is 0 Å². The lowest BCUT2D eigenvalue weighted by atomic mass is 10.1. The standard InChI is InChI=1S/C12H17N3O3/c1-7-5-10(15-14-7)12(17)13-9(8-3-4-8)6-11(16)18-2/h5,8-9H,3-4,6H2,1-2H3,(H,13,17)(H,14,15)/t9-/m0/s1. The third kappa shape index (κ3) is 3.09. The maximum Gasteiger partial charge on any atom is 0.307 e. The van der Waals surface area contributed by atoms with Gasteiger partial charge in [-0.05, 0) is 31.7 Å². The largest absolute Gasteiger partial charge is 0.469 e. The number of amides is 1. The lowest BCUT2D eigenvalue weighted by molar-refractivity contribution is -0.141. The Kier molecular flexibility index (Phi) is 3.64. The van der Waals surface area contributed by atoms with Gasteiger partial charge in [-0.3, -0.25) is 14.7 Å². The molecule has 98 valence electrons. The van der Waals surface area contributed by atoms with E-state index in [4.69, 9.17) is 0 Å². The molecular formula is C12H17N3O3. The first-order valence-electron chi connectivity index (χ1n) is 6.00. The number of carbonyl (C=O) groups excluding carboxylic acids is 2. The summed E-state index contributed by atoms with van der Waals surface area (Å²) in [4.78, 5) is 23.2. The van der Waals surface area contributed by atoms with E-state index >= 15 is 0 Å². The van der Waals surface area contributed by atoms with E-state index < -0.39 is 0 Å². The summed E-state index contributed by atoms with van der Waals surface area (Å²) in [5.74, 6) is -0.168. The SMILES string of the molecule is COC(=O)C[C@H](NC(=O)c1cc(C)[nH]n1)C1CC1. The fourth-order valence-electron chi connectivity index (χ4n) is 1.87. The van der Waals surface area contributed by atoms with Crippen LogP contribution in [0.15, 0.2) is 6.07 Å². The predicted molar refractivity (Wildman–Crippen MR) is 63.9 cm³/mol. The number of nitrogens with zero attached hydrogens (tertiary/aromatic N) is 1. The molecular weight excluding hydrogens is 234 g/mol. The van der Waals surface area contributed by atoms with Crippen molar-refractivity contribution in [1.82, 2.24) is 15.5 Å². The molecule has 1 atom stereocenters. The fraction of sp³-hybridized carbons (Fsp3) is 0.583. The van der Waals surface area contributed by atoms with E-state index in [1.54, 1.807) is 6.07 Å². The number of rotatable bonds is 5. The molecule has 1 heterocycles. The van der Waals surface area contributed by atoms with Crippen LogP contribution in [0, 0.1) is 12.8 Å². The molecule has 0 radical (unpaired) electrons. The van der Waals surface area contributed by atoms with Gasteiger partial charge in [0, 0.05) is 11.7 Å². The zero-order valence-corrected chi connectivity index (χ0v) is 10.5. The minimum atomic E-state index is -0.301. The number of nitrogens with one attached hydrogen (secondary N) is 2. The van der Waals surface area contributed by atoms with Gasteiger partial charge in [-0.15, -0.1) is 0 Å². The topological polar surface area (TPSA) is 84.1 Å². The lowest BCUT2D eigenvalue weighted by Crippen LogP contribution is -2.38. The number of esters is 1. The molecule has 0 aromatic carbocycles. The molecule has 18 heavy (non-hydrogen) atoms. The van der Waals surface area contributed by atoms with Gasteiger partial charge in [-0.1, -0.05) is 0 Å². The van der Waals surface area contributed by atoms with Crippen LogP contribution in [0.3, 0.4) is 0 Å². The summed E-state index contributed by atoms with van der Waals surface area (Å²) in [6.45, 7) is 1.83. The number of aromatic nitrogens is 2. The smallest absolute Gasteiger partial charge is 0.307 e. The number of aryl methyl sites for hydroxylation is 1. The number of methoxy groups -OCH3 is 1. The monoisotopic (exact) mass is 251 g/mol. The molecule has 1 saturated carbocycles. The molecule has 0 unspecified atom stereocenters. The van der Waals surface area contributed by atoms with Crippen LogP contribution in [0.1, 0.15) is 35.4 Å². The van der Waals surface area contributed by atoms with Gasteiger partial charge in [0.15, 0.2) is 0 Å². The van der Waals surface area contributed by atoms with Gasteiger partial charge in [0.1, 0.15) is 5.69 Å². The summed E-state index contributed by atoms with van der Waals surface area (Å²) >= 11 is 0. The Labute approximate surface area is 105 Å². The second-order valence-corrected chi connectivity index (χ2v) is 4.63. The van der Waals surface area contributed by atoms with Crippen molar-refractivity contribution in [2.45, 2.75) is 32.2 Å². The molecule has 0 spiro atoms. The summed E-state index contributed by atoms with van der Waals surface area (Å²) < 4.78 is 4.64. The summed E-state index contributed by atoms with van der Waals surface area (Å²) in [6.07, 6.45) is 2.30. The second-order valence-electron chi connectivity index (χ2n) is 4.63. The normalized spacial score (nSPS) is 16.1. The summed E-state index contributed by atoms with van der Waals surface area (Å²) in [5, 5.41) is 9.46. The third-order valence-corrected chi connectivity index (χ3v) is 3.06. The van der Waals surface area contributed by atoms with Gasteiger partial charge in [0.2, 0.25) is 0 Å². The molecule has 1 aliphatic carbocycles. The molecule has 6 nitrogen and oxygen atoms in total. The van der Waals surface area contributed by atoms with E-state index in [1.807, 2.05) is 6.92 Å². The number of hydrogen-bond acceptors (Lipinski definition) is 4. The molecule has 0 aliphatic heterocycles. The Morgan fingerprint density at radius 2 is 2.33 bits per heavy atom. The first-order valence-corrected chi connectivity index (χ1v) is 6.00. The average molecular weight is 251 g/mol. The van der Waals surface area contributed by atoms with Gasteiger partial charge in [0.05, 0.1) is 13.5 Å². The van der Waals surface area contributed by atoms with Crippen LogP contribution in [0.5, 0.6) is 0 Å². The highest BCUT2D eigenvalue weighted by atomic mass is 16.5. The van der Waals surface area contributed by atoms with E-state index in [2.05, 4.69) is 20.3 Å². The van der Waals surface area contributed by atoms with Crippen molar-refractivity contribution < 1.29 is 14.3 Å². The Morgan fingerprint density at radius 3 is 2.83 bits per heavy atom. The van der Waals surface area contributed by atoms with Crippen LogP contribution in [-0.4, -0.2) is 35.2 Å². The van der Waals surface area contributed by atoms with Gasteiger partial charge in [0.25, 0.3) is 5.91 Å². The Bertz CT molecular complexity index is 451.